The molecule has 0 saturated carbocycles. The summed E-state index contributed by atoms with van der Waals surface area (Å²) in [4.78, 5) is 278. The Morgan fingerprint density at radius 1 is 0.530 bits per heavy atom. The van der Waals surface area contributed by atoms with Crippen LogP contribution < -0.4 is 70.0 Å². The summed E-state index contributed by atoms with van der Waals surface area (Å²) in [6.07, 6.45) is 1.81. The fourth-order valence-electron chi connectivity index (χ4n) is 16.2. The SMILES string of the molecule is CCCC[C@H]1C(=O)N(C)[C@@H](CCCC)C(=O)N[C@@H](C)C(=O)N[C@H](C(=O)NCC(N)=O)CCNCC(=O)N[C@@H](Cc2ccc(O)cc2)C(=O)N(C)[C@@H](C)C(=O)N[C@@H](CC(=O)O)C(=O)N2CCC[C@H]2C(=O)N[C@@H](Cc2cnc[nH]2)C(=O)N[C@@H](CCC(N)=O)C(=O)N2C[C@H](O)C[C@H]2C(=O)N[C@@H](Cc2c[nH]c3ccccc23)C(=O)N[C@@H](CO)C(=O)N[C@@H](Cc2c[nH]c3ccccc23)C(=O)N1C. The number of H-pyrrole nitrogens is 3. The van der Waals surface area contributed by atoms with Crippen molar-refractivity contribution in [3.8, 4) is 5.75 Å². The van der Waals surface area contributed by atoms with Crippen LogP contribution in [0.2, 0.25) is 0 Å². The molecule has 3 aromatic heterocycles. The predicted molar refractivity (Wildman–Crippen MR) is 474 cm³/mol. The van der Waals surface area contributed by atoms with E-state index in [2.05, 4.69) is 78.4 Å². The number of hydrogen-bond acceptors (Lipinski definition) is 23. The lowest BCUT2D eigenvalue weighted by Crippen LogP contribution is -2.61. The molecular formula is C88H120N22O22. The second-order valence-corrected chi connectivity index (χ2v) is 33.4. The molecule has 3 aromatic carbocycles. The molecule has 3 aliphatic rings. The number of phenolic OH excluding ortho intramolecular Hbond substituents is 1. The number of aliphatic carboxylic acids is 1. The number of aliphatic hydroxyl groups excluding tert-OH is 2. The Labute approximate surface area is 759 Å². The molecule has 0 unspecified atom stereocenters. The molecule has 15 atom stereocenters. The first-order chi connectivity index (χ1) is 62.9. The Bertz CT molecular complexity index is 5140. The molecule has 0 spiro atoms. The maximum absolute atomic E-state index is 15.6. The quantitative estimate of drug-likeness (QED) is 0.0290. The third-order valence-corrected chi connectivity index (χ3v) is 23.8. The Morgan fingerprint density at radius 3 is 1.67 bits per heavy atom. The summed E-state index contributed by atoms with van der Waals surface area (Å²) < 4.78 is 0. The van der Waals surface area contributed by atoms with Gasteiger partial charge in [-0.1, -0.05) is 88.1 Å². The van der Waals surface area contributed by atoms with E-state index in [1.54, 1.807) is 60.9 Å². The second kappa shape index (κ2) is 48.1. The molecule has 9 rings (SSSR count). The van der Waals surface area contributed by atoms with Gasteiger partial charge in [0, 0.05) is 119 Å². The number of aromatic amines is 3. The standard InChI is InChI=1S/C88H120N22O22/c1-8-10-21-67-81(125)97-47(3)75(119)99-59(77(121)95-42-72(90)115)30-31-91-43-73(116)98-63(33-49-24-26-53(112)27-25-49)84(128)106(5)48(4)76(120)103-65(38-74(117)118)87(131)109-32-16-23-68(109)82(126)102-62(36-52-41-92-46-96-52)79(123)100-60(28-29-71(89)114)86(130)110-44-54(113)37-70(110)83(127)101-61(34-50-39-93-57-19-14-12-17-55(50)57)78(122)105-66(45-111)80(124)104-64(35-51-40-94-58-20-15-13-18-56(51)58)85(129)108(7)69(22-11-9-2)88(132)107(67)6/h12-15,17-20,24-27,39-41,46-48,54,59-70,91,93-94,111-113H,8-11,16,21-23,28-38,42-45H2,1-7H3,(H2,89,114)(H2,90,115)(H,92,96)(H,95,121)(H,97,125)(H,98,116)(H,99,119)(H,100,123)(H,101,127)(H,102,126)(H,103,120)(H,104,124)(H,105,122)(H,117,118)/t47-,48-,54+,59-,60-,61-,62-,63-,64-,65-,66-,67-,68-,69-,70-/m0/s1. The Kier molecular flexibility index (Phi) is 37.1. The van der Waals surface area contributed by atoms with Gasteiger partial charge in [0.05, 0.1) is 38.5 Å². The summed E-state index contributed by atoms with van der Waals surface area (Å²) in [5.74, 6) is -18.3. The van der Waals surface area contributed by atoms with Crippen LogP contribution >= 0.6 is 0 Å². The number of aromatic nitrogens is 4. The largest absolute Gasteiger partial charge is 0.508 e. The van der Waals surface area contributed by atoms with E-state index in [0.29, 0.717) is 64.2 Å². The highest BCUT2D eigenvalue weighted by Gasteiger charge is 2.47. The number of likely N-dealkylation sites (N-methyl/N-ethyl adjacent to an activating group) is 3. The van der Waals surface area contributed by atoms with E-state index in [1.165, 1.54) is 71.8 Å². The summed E-state index contributed by atoms with van der Waals surface area (Å²) in [6, 6.07) is -2.95. The molecule has 44 heteroatoms. The van der Waals surface area contributed by atoms with E-state index < -0.39 is 255 Å². The average molecular weight is 1840 g/mol. The number of phenols is 1. The number of hydrogen-bond donors (Lipinski definition) is 20. The van der Waals surface area contributed by atoms with Crippen molar-refractivity contribution < 1.29 is 107 Å². The Hall–Kier alpha value is -13.9. The minimum Gasteiger partial charge on any atom is -0.508 e. The zero-order valence-corrected chi connectivity index (χ0v) is 74.6. The van der Waals surface area contributed by atoms with E-state index in [0.717, 1.165) is 24.5 Å². The number of nitrogens with one attached hydrogen (secondary N) is 14. The maximum Gasteiger partial charge on any atom is 0.305 e. The van der Waals surface area contributed by atoms with Gasteiger partial charge in [0.15, 0.2) is 0 Å². The number of aromatic hydroxyl groups is 1. The number of aliphatic hydroxyl groups is 2. The van der Waals surface area contributed by atoms with Crippen LogP contribution in [-0.4, -0.2) is 322 Å². The first-order valence-electron chi connectivity index (χ1n) is 43.9. The number of nitrogens with two attached hydrogens (primary N) is 2. The third kappa shape index (κ3) is 27.6. The summed E-state index contributed by atoms with van der Waals surface area (Å²) in [6.45, 7) is 2.81. The van der Waals surface area contributed by atoms with Crippen LogP contribution in [0.15, 0.2) is 97.7 Å². The number of amides is 17. The van der Waals surface area contributed by atoms with Crippen molar-refractivity contribution in [2.75, 3.05) is 60.5 Å². The van der Waals surface area contributed by atoms with E-state index in [4.69, 9.17) is 11.5 Å². The van der Waals surface area contributed by atoms with Gasteiger partial charge in [-0.25, -0.2) is 4.98 Å². The topological polar surface area (TPSA) is 649 Å². The third-order valence-electron chi connectivity index (χ3n) is 23.8. The molecule has 6 aromatic rings. The van der Waals surface area contributed by atoms with Crippen LogP contribution in [0.4, 0.5) is 0 Å². The summed E-state index contributed by atoms with van der Waals surface area (Å²) in [5.41, 5.74) is 13.8. The number of carboxylic acids is 1. The van der Waals surface area contributed by atoms with E-state index in [9.17, 15) is 73.2 Å². The van der Waals surface area contributed by atoms with Crippen molar-refractivity contribution >= 4 is 128 Å². The highest BCUT2D eigenvalue weighted by molar-refractivity contribution is 6.02. The van der Waals surface area contributed by atoms with Crippen molar-refractivity contribution in [3.63, 3.8) is 0 Å². The molecule has 132 heavy (non-hydrogen) atoms. The summed E-state index contributed by atoms with van der Waals surface area (Å²) >= 11 is 0. The van der Waals surface area contributed by atoms with E-state index in [1.807, 2.05) is 13.8 Å². The summed E-state index contributed by atoms with van der Waals surface area (Å²) in [5, 5.41) is 72.7. The van der Waals surface area contributed by atoms with Crippen molar-refractivity contribution in [1.82, 2.24) is 103 Å². The number of fused-ring (bicyclic) bond motifs is 4. The number of rotatable bonds is 23. The smallest absolute Gasteiger partial charge is 0.305 e. The number of carbonyl (C=O) groups excluding carboxylic acids is 17. The van der Waals surface area contributed by atoms with Crippen molar-refractivity contribution in [1.29, 1.82) is 0 Å². The number of carboxylic acid groups (broad SMARTS) is 1. The van der Waals surface area contributed by atoms with E-state index >= 15 is 33.6 Å². The van der Waals surface area contributed by atoms with Gasteiger partial charge < -0.3 is 130 Å². The van der Waals surface area contributed by atoms with Crippen LogP contribution in [0, 0.1) is 0 Å². The van der Waals surface area contributed by atoms with Gasteiger partial charge in [-0.3, -0.25) is 86.3 Å². The van der Waals surface area contributed by atoms with E-state index in [-0.39, 0.29) is 75.9 Å². The Balaban J connectivity index is 1.07. The zero-order chi connectivity index (χ0) is 96.3. The molecule has 44 nitrogen and oxygen atoms in total. The number of para-hydroxylation sites is 2. The van der Waals surface area contributed by atoms with Gasteiger partial charge in [-0.2, -0.15) is 0 Å². The molecular weight excluding hydrogens is 1720 g/mol. The fraction of sp³-hybridized carbons (Fsp3) is 0.511. The molecule has 6 heterocycles. The number of nitrogens with zero attached hydrogens (tertiary/aromatic N) is 6. The Morgan fingerprint density at radius 2 is 1.08 bits per heavy atom. The molecule has 0 bridgehead atoms. The lowest BCUT2D eigenvalue weighted by atomic mass is 10.00. The maximum atomic E-state index is 15.6. The molecule has 0 radical (unpaired) electrons. The molecule has 3 saturated heterocycles. The number of carbonyl (C=O) groups is 18. The number of imidazole rings is 1. The highest BCUT2D eigenvalue weighted by atomic mass is 16.4. The zero-order valence-electron chi connectivity index (χ0n) is 74.6. The van der Waals surface area contributed by atoms with Crippen LogP contribution in [0.25, 0.3) is 21.8 Å². The van der Waals surface area contributed by atoms with Crippen LogP contribution in [-0.2, 0) is 112 Å². The molecule has 3 aliphatic heterocycles. The van der Waals surface area contributed by atoms with Crippen LogP contribution in [0.3, 0.4) is 0 Å². The number of unbranched alkanes of at least 4 members (excludes halogenated alkanes) is 2. The molecule has 0 aliphatic carbocycles. The monoisotopic (exact) mass is 1840 g/mol. The van der Waals surface area contributed by atoms with Crippen LogP contribution in [0.5, 0.6) is 5.75 Å². The normalized spacial score (nSPS) is 25.1. The lowest BCUT2D eigenvalue weighted by molar-refractivity contribution is -0.149. The van der Waals surface area contributed by atoms with Gasteiger partial charge in [-0.15, -0.1) is 0 Å². The van der Waals surface area contributed by atoms with Gasteiger partial charge in [0.2, 0.25) is 100 Å². The summed E-state index contributed by atoms with van der Waals surface area (Å²) in [7, 11) is 3.87. The predicted octanol–water partition coefficient (Wildman–Crippen LogP) is -4.11. The lowest BCUT2D eigenvalue weighted by Gasteiger charge is -2.36. The van der Waals surface area contributed by atoms with Crippen molar-refractivity contribution in [2.45, 2.75) is 228 Å². The number of primary amides is 2. The molecule has 714 valence electrons. The first-order valence-corrected chi connectivity index (χ1v) is 43.9. The minimum absolute atomic E-state index is 0.00553. The first kappa shape index (κ1) is 102. The average Bonchev–Trinajstić information content (AvgIpc) is 1.73. The fourth-order valence-corrected chi connectivity index (χ4v) is 16.2. The van der Waals surface area contributed by atoms with Gasteiger partial charge >= 0.3 is 5.97 Å². The number of benzene rings is 3. The van der Waals surface area contributed by atoms with Crippen LogP contribution in [0.1, 0.15) is 134 Å². The highest BCUT2D eigenvalue weighted by Crippen LogP contribution is 2.28. The molecule has 22 N–H and O–H groups in total. The van der Waals surface area contributed by atoms with Crippen molar-refractivity contribution in [3.05, 3.63) is 120 Å². The molecule has 17 amide bonds. The van der Waals surface area contributed by atoms with Crippen molar-refractivity contribution in [2.24, 2.45) is 11.5 Å². The van der Waals surface area contributed by atoms with Gasteiger partial charge in [-0.05, 0) is 99.9 Å². The molecule has 3 fully saturated rings. The minimum atomic E-state index is -1.92. The van der Waals surface area contributed by atoms with Gasteiger partial charge in [0.1, 0.15) is 90.3 Å². The van der Waals surface area contributed by atoms with Gasteiger partial charge in [0.25, 0.3) is 0 Å². The second-order valence-electron chi connectivity index (χ2n) is 33.4.